The fourth-order valence-electron chi connectivity index (χ4n) is 8.16. The zero-order chi connectivity index (χ0) is 34.1. The van der Waals surface area contributed by atoms with E-state index in [1.54, 1.807) is 32.1 Å². The number of hydrogen-bond acceptors (Lipinski definition) is 11. The van der Waals surface area contributed by atoms with E-state index in [0.29, 0.717) is 38.3 Å². The zero-order valence-corrected chi connectivity index (χ0v) is 27.7. The van der Waals surface area contributed by atoms with Crippen LogP contribution in [0.25, 0.3) is 5.76 Å². The average Bonchev–Trinajstić information content (AvgIpc) is 2.95. The number of carbonyl (C=O) groups is 4. The first-order valence-corrected chi connectivity index (χ1v) is 15.8. The van der Waals surface area contributed by atoms with Crippen molar-refractivity contribution in [2.75, 3.05) is 53.9 Å². The fraction of sp³-hybridized carbons (Fsp3) is 0.588. The lowest BCUT2D eigenvalue weighted by Crippen LogP contribution is -2.68. The van der Waals surface area contributed by atoms with Gasteiger partial charge in [0.1, 0.15) is 22.8 Å². The number of nitrogens with one attached hydrogen (secondary N) is 1. The summed E-state index contributed by atoms with van der Waals surface area (Å²) < 4.78 is 0. The van der Waals surface area contributed by atoms with Gasteiger partial charge in [-0.15, -0.1) is 0 Å². The fourth-order valence-corrected chi connectivity index (χ4v) is 8.16. The minimum absolute atomic E-state index is 0.00763. The van der Waals surface area contributed by atoms with Crippen molar-refractivity contribution in [2.45, 2.75) is 58.7 Å². The largest absolute Gasteiger partial charge is 0.508 e. The lowest BCUT2D eigenvalue weighted by molar-refractivity contribution is -0.158. The van der Waals surface area contributed by atoms with Crippen LogP contribution in [-0.2, 0) is 32.1 Å². The lowest BCUT2D eigenvalue weighted by atomic mass is 9.51. The van der Waals surface area contributed by atoms with Crippen molar-refractivity contribution in [1.82, 2.24) is 20.0 Å². The summed E-state index contributed by atoms with van der Waals surface area (Å²) in [6.07, 6.45) is 0.207. The van der Waals surface area contributed by atoms with Crippen LogP contribution < -0.4 is 5.32 Å². The number of aliphatic hydroxyl groups is 3. The number of aliphatic hydroxyl groups excluding tert-OH is 2. The Hall–Kier alpha value is -3.58. The molecule has 46 heavy (non-hydrogen) atoms. The summed E-state index contributed by atoms with van der Waals surface area (Å²) in [4.78, 5) is 59.6. The highest BCUT2D eigenvalue weighted by atomic mass is 16.3. The molecule has 0 spiro atoms. The smallest absolute Gasteiger partial charge is 0.228 e. The number of aromatic hydroxyl groups is 1. The number of phenols is 1. The van der Waals surface area contributed by atoms with Crippen LogP contribution in [0, 0.1) is 16.7 Å². The van der Waals surface area contributed by atoms with Gasteiger partial charge in [-0.1, -0.05) is 26.8 Å². The second-order valence-corrected chi connectivity index (χ2v) is 14.6. The molecule has 5 rings (SSSR count). The molecule has 0 bridgehead atoms. The first-order valence-electron chi connectivity index (χ1n) is 15.8. The highest BCUT2D eigenvalue weighted by Gasteiger charge is 2.67. The average molecular weight is 639 g/mol. The zero-order valence-electron chi connectivity index (χ0n) is 27.7. The van der Waals surface area contributed by atoms with Crippen molar-refractivity contribution < 1.29 is 39.6 Å². The van der Waals surface area contributed by atoms with Crippen molar-refractivity contribution in [1.29, 1.82) is 0 Å². The normalized spacial score (nSPS) is 28.8. The number of benzene rings is 1. The number of likely N-dealkylation sites (N-methyl/N-ethyl adjacent to an activating group) is 1. The quantitative estimate of drug-likeness (QED) is 0.285. The van der Waals surface area contributed by atoms with E-state index in [1.165, 1.54) is 6.07 Å². The third-order valence-electron chi connectivity index (χ3n) is 10.2. The number of amides is 1. The molecule has 2 fully saturated rings. The monoisotopic (exact) mass is 638 g/mol. The highest BCUT2D eigenvalue weighted by molar-refractivity contribution is 6.25. The van der Waals surface area contributed by atoms with Crippen LogP contribution in [0.3, 0.4) is 0 Å². The highest BCUT2D eigenvalue weighted by Crippen LogP contribution is 2.58. The molecular weight excluding hydrogens is 592 g/mol. The molecule has 1 amide bonds. The molecule has 4 aliphatic rings. The molecule has 3 aliphatic carbocycles. The van der Waals surface area contributed by atoms with Gasteiger partial charge in [0.25, 0.3) is 0 Å². The Morgan fingerprint density at radius 3 is 2.24 bits per heavy atom. The third kappa shape index (κ3) is 5.06. The van der Waals surface area contributed by atoms with E-state index in [9.17, 15) is 39.6 Å². The minimum atomic E-state index is -2.66. The van der Waals surface area contributed by atoms with Gasteiger partial charge in [0.15, 0.2) is 17.2 Å². The summed E-state index contributed by atoms with van der Waals surface area (Å²) in [5.74, 6) is -5.30. The van der Waals surface area contributed by atoms with E-state index in [0.717, 1.165) is 12.5 Å². The van der Waals surface area contributed by atoms with E-state index in [2.05, 4.69) is 10.2 Å². The van der Waals surface area contributed by atoms with Crippen molar-refractivity contribution in [2.24, 2.45) is 16.7 Å². The van der Waals surface area contributed by atoms with E-state index in [4.69, 9.17) is 0 Å². The maximum atomic E-state index is 14.7. The lowest BCUT2D eigenvalue weighted by Gasteiger charge is -2.56. The van der Waals surface area contributed by atoms with Crippen LogP contribution in [0.4, 0.5) is 0 Å². The van der Waals surface area contributed by atoms with Gasteiger partial charge in [-0.25, -0.2) is 0 Å². The van der Waals surface area contributed by atoms with Crippen molar-refractivity contribution >= 4 is 29.0 Å². The van der Waals surface area contributed by atoms with Gasteiger partial charge in [-0.05, 0) is 58.1 Å². The Bertz CT molecular complexity index is 1560. The topological polar surface area (TPSA) is 171 Å². The molecule has 1 aliphatic heterocycles. The van der Waals surface area contributed by atoms with Gasteiger partial charge in [0, 0.05) is 61.6 Å². The first-order chi connectivity index (χ1) is 21.4. The molecular formula is C34H46N4O8. The van der Waals surface area contributed by atoms with Gasteiger partial charge in [-0.3, -0.25) is 29.0 Å². The summed E-state index contributed by atoms with van der Waals surface area (Å²) in [6.45, 7) is 9.30. The van der Waals surface area contributed by atoms with Crippen LogP contribution >= 0.6 is 0 Å². The van der Waals surface area contributed by atoms with E-state index in [-0.39, 0.29) is 42.2 Å². The number of piperazine rings is 1. The van der Waals surface area contributed by atoms with Crippen molar-refractivity contribution in [3.05, 3.63) is 45.7 Å². The summed E-state index contributed by atoms with van der Waals surface area (Å²) >= 11 is 0. The Labute approximate surface area is 269 Å². The molecule has 4 atom stereocenters. The predicted octanol–water partition coefficient (Wildman–Crippen LogP) is 1.35. The molecule has 12 nitrogen and oxygen atoms in total. The number of fused-ring (bicyclic) bond motifs is 3. The number of rotatable bonds is 6. The van der Waals surface area contributed by atoms with Gasteiger partial charge >= 0.3 is 0 Å². The Morgan fingerprint density at radius 2 is 1.70 bits per heavy atom. The van der Waals surface area contributed by atoms with E-state index >= 15 is 0 Å². The number of carbonyl (C=O) groups excluding carboxylic acids is 4. The molecule has 250 valence electrons. The maximum Gasteiger partial charge on any atom is 0.228 e. The second kappa shape index (κ2) is 11.6. The Balaban J connectivity index is 1.69. The van der Waals surface area contributed by atoms with Crippen LogP contribution in [0.2, 0.25) is 0 Å². The van der Waals surface area contributed by atoms with Gasteiger partial charge in [0.2, 0.25) is 11.7 Å². The van der Waals surface area contributed by atoms with E-state index in [1.807, 2.05) is 25.7 Å². The molecule has 5 N–H and O–H groups in total. The molecule has 1 saturated heterocycles. The summed E-state index contributed by atoms with van der Waals surface area (Å²) in [5.41, 5.74) is -3.60. The van der Waals surface area contributed by atoms with Gasteiger partial charge in [0.05, 0.1) is 11.6 Å². The predicted molar refractivity (Wildman–Crippen MR) is 170 cm³/mol. The Kier molecular flexibility index (Phi) is 8.51. The van der Waals surface area contributed by atoms with Crippen LogP contribution in [0.5, 0.6) is 5.75 Å². The second-order valence-electron chi connectivity index (χ2n) is 14.6. The standard InChI is InChI=1S/C34H46N4O8/c1-18(39)23-28(42)26(36(6)7)21-15-33(17-37-10-12-38(13-11-37)31(45)32(2,3)4)14-20-19(16-35-5)8-9-22(40)24(20)27(41)25(33)30(44)34(21,46)29(23)43/h8-9,21,26,35,40-41,43,46H,10-17H2,1-7H3/t21-,26-,33-,34+/m0/s1. The summed E-state index contributed by atoms with van der Waals surface area (Å²) in [6, 6.07) is 2.08. The van der Waals surface area contributed by atoms with Crippen molar-refractivity contribution in [3.8, 4) is 5.75 Å². The molecule has 1 aromatic rings. The molecule has 1 heterocycles. The summed E-state index contributed by atoms with van der Waals surface area (Å²) in [5, 5.41) is 49.6. The number of phenolic OH excluding ortho intramolecular Hbond substituents is 1. The maximum absolute atomic E-state index is 14.7. The number of nitrogens with zero attached hydrogens (tertiary/aromatic N) is 3. The number of Topliss-reactive ketones (excluding diaryl/α,β-unsaturated/α-hetero) is 3. The van der Waals surface area contributed by atoms with Crippen molar-refractivity contribution in [3.63, 3.8) is 0 Å². The van der Waals surface area contributed by atoms with Crippen LogP contribution in [-0.4, -0.2) is 124 Å². The molecule has 1 aromatic carbocycles. The number of ketones is 3. The molecule has 12 heteroatoms. The molecule has 0 aromatic heterocycles. The van der Waals surface area contributed by atoms with Crippen LogP contribution in [0.15, 0.2) is 29.0 Å². The molecule has 0 radical (unpaired) electrons. The summed E-state index contributed by atoms with van der Waals surface area (Å²) in [7, 11) is 5.01. The third-order valence-corrected chi connectivity index (χ3v) is 10.2. The van der Waals surface area contributed by atoms with Crippen LogP contribution in [0.1, 0.15) is 50.8 Å². The SMILES string of the molecule is CNCc1ccc(O)c2c1C[C@@]1(CN3CCN(C(=O)C(C)(C)C)CC3)C[C@H]3[C@H](N(C)C)C(=O)C(C(C)=O)=C(O)[C@@]3(O)C(=O)C1=C2O. The first kappa shape index (κ1) is 33.8. The molecule has 1 saturated carbocycles. The van der Waals surface area contributed by atoms with Gasteiger partial charge < -0.3 is 30.6 Å². The molecule has 0 unspecified atom stereocenters. The number of hydrogen-bond donors (Lipinski definition) is 5. The minimum Gasteiger partial charge on any atom is -0.508 e. The van der Waals surface area contributed by atoms with E-state index < -0.39 is 62.8 Å². The Morgan fingerprint density at radius 1 is 1.07 bits per heavy atom. The van der Waals surface area contributed by atoms with Gasteiger partial charge in [-0.2, -0.15) is 0 Å².